The van der Waals surface area contributed by atoms with Gasteiger partial charge in [0.1, 0.15) is 5.82 Å². The Kier molecular flexibility index (Phi) is 8.12. The monoisotopic (exact) mass is 562 g/mol. The molecule has 0 radical (unpaired) electrons. The van der Waals surface area contributed by atoms with Gasteiger partial charge in [0.15, 0.2) is 11.6 Å². The van der Waals surface area contributed by atoms with Crippen molar-refractivity contribution in [2.75, 3.05) is 26.2 Å². The number of carbonyl (C=O) groups excluding carboxylic acids is 2. The van der Waals surface area contributed by atoms with Gasteiger partial charge in [-0.15, -0.1) is 0 Å². The fraction of sp³-hybridized carbons (Fsp3) is 0.364. The molecule has 1 aliphatic rings. The lowest BCUT2D eigenvalue weighted by Gasteiger charge is -2.38. The maximum Gasteiger partial charge on any atom is 0.254 e. The second kappa shape index (κ2) is 10.6. The van der Waals surface area contributed by atoms with Gasteiger partial charge >= 0.3 is 0 Å². The van der Waals surface area contributed by atoms with Gasteiger partial charge in [-0.3, -0.25) is 9.59 Å². The maximum absolute atomic E-state index is 14.6. The molecule has 10 heteroatoms. The van der Waals surface area contributed by atoms with Gasteiger partial charge in [0.05, 0.1) is 18.6 Å². The van der Waals surface area contributed by atoms with E-state index in [0.29, 0.717) is 3.57 Å². The summed E-state index contributed by atoms with van der Waals surface area (Å²) in [4.78, 5) is 26.4. The Morgan fingerprint density at radius 2 is 1.88 bits per heavy atom. The van der Waals surface area contributed by atoms with Crippen molar-refractivity contribution in [3.8, 4) is 0 Å². The number of aliphatic hydroxyl groups is 2. The van der Waals surface area contributed by atoms with E-state index in [1.165, 1.54) is 23.1 Å². The van der Waals surface area contributed by atoms with Crippen molar-refractivity contribution in [1.82, 2.24) is 10.2 Å². The third-order valence-corrected chi connectivity index (χ3v) is 6.01. The van der Waals surface area contributed by atoms with E-state index in [9.17, 15) is 27.9 Å². The zero-order valence-corrected chi connectivity index (χ0v) is 19.1. The van der Waals surface area contributed by atoms with Gasteiger partial charge in [0.2, 0.25) is 5.91 Å². The number of hydrogen-bond donors (Lipinski definition) is 3. The van der Waals surface area contributed by atoms with E-state index in [0.717, 1.165) is 6.07 Å². The summed E-state index contributed by atoms with van der Waals surface area (Å²) in [5.41, 5.74) is -0.178. The number of aliphatic hydroxyl groups excluding tert-OH is 2. The summed E-state index contributed by atoms with van der Waals surface area (Å²) in [7, 11) is 0. The Morgan fingerprint density at radius 1 is 1.16 bits per heavy atom. The molecular weight excluding hydrogens is 540 g/mol. The molecule has 1 fully saturated rings. The fourth-order valence-corrected chi connectivity index (χ4v) is 3.85. The van der Waals surface area contributed by atoms with E-state index in [-0.39, 0.29) is 55.1 Å². The highest BCUT2D eigenvalue weighted by molar-refractivity contribution is 14.1. The van der Waals surface area contributed by atoms with Crippen LogP contribution in [0.4, 0.5) is 13.2 Å². The minimum Gasteiger partial charge on any atom is -0.394 e. The second-order valence-electron chi connectivity index (χ2n) is 7.62. The predicted molar refractivity (Wildman–Crippen MR) is 118 cm³/mol. The van der Waals surface area contributed by atoms with Crippen molar-refractivity contribution < 1.29 is 33.0 Å². The largest absolute Gasteiger partial charge is 0.394 e. The molecule has 1 aliphatic heterocycles. The molecule has 1 atom stereocenters. The summed E-state index contributed by atoms with van der Waals surface area (Å²) in [6.45, 7) is -0.0166. The van der Waals surface area contributed by atoms with E-state index in [1.54, 1.807) is 6.07 Å². The summed E-state index contributed by atoms with van der Waals surface area (Å²) in [5, 5.41) is 20.7. The molecule has 32 heavy (non-hydrogen) atoms. The Morgan fingerprint density at radius 3 is 2.53 bits per heavy atom. The number of amides is 2. The van der Waals surface area contributed by atoms with Crippen LogP contribution in [-0.4, -0.2) is 59.3 Å². The van der Waals surface area contributed by atoms with E-state index in [4.69, 9.17) is 5.11 Å². The molecule has 0 aromatic heterocycles. The first-order chi connectivity index (χ1) is 15.2. The molecule has 0 aliphatic carbocycles. The van der Waals surface area contributed by atoms with Crippen LogP contribution in [0.2, 0.25) is 0 Å². The molecule has 0 saturated carbocycles. The van der Waals surface area contributed by atoms with E-state index in [1.807, 2.05) is 22.6 Å². The van der Waals surface area contributed by atoms with Crippen molar-refractivity contribution in [2.45, 2.75) is 18.9 Å². The third-order valence-electron chi connectivity index (χ3n) is 5.34. The molecule has 2 amide bonds. The zero-order valence-electron chi connectivity index (χ0n) is 17.0. The van der Waals surface area contributed by atoms with Crippen LogP contribution in [0.15, 0.2) is 30.3 Å². The topological polar surface area (TPSA) is 89.9 Å². The van der Waals surface area contributed by atoms with E-state index in [2.05, 4.69) is 5.32 Å². The number of halogens is 4. The minimum atomic E-state index is -1.20. The lowest BCUT2D eigenvalue weighted by Crippen LogP contribution is -2.56. The van der Waals surface area contributed by atoms with Crippen molar-refractivity contribution in [2.24, 2.45) is 5.92 Å². The average Bonchev–Trinajstić information content (AvgIpc) is 2.71. The molecule has 3 N–H and O–H groups in total. The fourth-order valence-electron chi connectivity index (χ4n) is 3.40. The molecule has 0 spiro atoms. The molecule has 172 valence electrons. The first-order valence-electron chi connectivity index (χ1n) is 9.98. The number of likely N-dealkylation sites (tertiary alicyclic amines) is 1. The van der Waals surface area contributed by atoms with Crippen LogP contribution in [0.5, 0.6) is 0 Å². The summed E-state index contributed by atoms with van der Waals surface area (Å²) in [5.74, 6) is -4.24. The molecule has 1 heterocycles. The predicted octanol–water partition coefficient (Wildman–Crippen LogP) is 2.23. The molecule has 1 unspecified atom stereocenters. The van der Waals surface area contributed by atoms with Crippen molar-refractivity contribution in [3.05, 3.63) is 68.0 Å². The molecule has 0 bridgehead atoms. The quantitative estimate of drug-likeness (QED) is 0.431. The molecule has 3 rings (SSSR count). The Balaban J connectivity index is 1.69. The van der Waals surface area contributed by atoms with Crippen LogP contribution in [0.1, 0.15) is 27.9 Å². The van der Waals surface area contributed by atoms with Gasteiger partial charge in [-0.05, 0) is 58.8 Å². The lowest BCUT2D eigenvalue weighted by molar-refractivity contribution is -0.129. The Hall–Kier alpha value is -2.18. The van der Waals surface area contributed by atoms with Gasteiger partial charge in [-0.25, -0.2) is 13.2 Å². The molecule has 2 aromatic carbocycles. The summed E-state index contributed by atoms with van der Waals surface area (Å²) in [6.07, 6.45) is -1.01. The van der Waals surface area contributed by atoms with Gasteiger partial charge in [0.25, 0.3) is 5.91 Å². The first-order valence-corrected chi connectivity index (χ1v) is 11.1. The number of carbonyl (C=O) groups is 2. The first kappa shape index (κ1) is 24.5. The molecule has 1 saturated heterocycles. The Bertz CT molecular complexity index is 1010. The highest BCUT2D eigenvalue weighted by Gasteiger charge is 2.37. The van der Waals surface area contributed by atoms with Crippen LogP contribution in [0, 0.1) is 26.9 Å². The molecule has 2 aromatic rings. The average molecular weight is 562 g/mol. The second-order valence-corrected chi connectivity index (χ2v) is 8.87. The van der Waals surface area contributed by atoms with Gasteiger partial charge < -0.3 is 20.4 Å². The van der Waals surface area contributed by atoms with Crippen LogP contribution in [-0.2, 0) is 11.2 Å². The summed E-state index contributed by atoms with van der Waals surface area (Å²) >= 11 is 1.93. The standard InChI is InChI=1S/C22H22F3IN2O4/c23-18-4-3-16(17(20(18)25)7-12-1-2-14(26)8-19(12)24)22(32)28-9-13(10-28)21(31)27-6-5-15(30)11-29/h1-4,8,13,15,29-30H,5-7,9-11H2,(H,27,31). The highest BCUT2D eigenvalue weighted by Crippen LogP contribution is 2.26. The number of nitrogens with one attached hydrogen (secondary N) is 1. The number of nitrogens with zero attached hydrogens (tertiary/aromatic N) is 1. The van der Waals surface area contributed by atoms with E-state index >= 15 is 0 Å². The minimum absolute atomic E-state index is 0.0771. The molecular formula is C22H22F3IN2O4. The van der Waals surface area contributed by atoms with Crippen molar-refractivity contribution in [1.29, 1.82) is 0 Å². The van der Waals surface area contributed by atoms with Crippen LogP contribution in [0.25, 0.3) is 0 Å². The number of hydrogen-bond acceptors (Lipinski definition) is 4. The van der Waals surface area contributed by atoms with Crippen LogP contribution in [0.3, 0.4) is 0 Å². The highest BCUT2D eigenvalue weighted by atomic mass is 127. The Labute approximate surface area is 196 Å². The van der Waals surface area contributed by atoms with Crippen molar-refractivity contribution in [3.63, 3.8) is 0 Å². The number of rotatable bonds is 8. The van der Waals surface area contributed by atoms with Crippen molar-refractivity contribution >= 4 is 34.4 Å². The lowest BCUT2D eigenvalue weighted by atomic mass is 9.94. The summed E-state index contributed by atoms with van der Waals surface area (Å²) in [6, 6.07) is 6.40. The van der Waals surface area contributed by atoms with E-state index < -0.39 is 42.0 Å². The summed E-state index contributed by atoms with van der Waals surface area (Å²) < 4.78 is 43.4. The molecule has 6 nitrogen and oxygen atoms in total. The number of benzene rings is 2. The van der Waals surface area contributed by atoms with Gasteiger partial charge in [0, 0.05) is 40.8 Å². The van der Waals surface area contributed by atoms with Crippen LogP contribution >= 0.6 is 22.6 Å². The SMILES string of the molecule is O=C(NCCC(O)CO)C1CN(C(=O)c2ccc(F)c(F)c2Cc2ccc(I)cc2F)C1. The smallest absolute Gasteiger partial charge is 0.254 e. The third kappa shape index (κ3) is 5.59. The van der Waals surface area contributed by atoms with Gasteiger partial charge in [-0.1, -0.05) is 6.07 Å². The van der Waals surface area contributed by atoms with Crippen LogP contribution < -0.4 is 5.32 Å². The maximum atomic E-state index is 14.6. The zero-order chi connectivity index (χ0) is 23.4. The van der Waals surface area contributed by atoms with Gasteiger partial charge in [-0.2, -0.15) is 0 Å². The normalized spacial score (nSPS) is 14.8.